The zero-order valence-corrected chi connectivity index (χ0v) is 13.0. The summed E-state index contributed by atoms with van der Waals surface area (Å²) in [5, 5.41) is 0. The van der Waals surface area contributed by atoms with Crippen LogP contribution >= 0.6 is 0 Å². The Morgan fingerprint density at radius 2 is 1.42 bits per heavy atom. The number of rotatable bonds is 3. The number of hydrogen-bond donors (Lipinski definition) is 0. The van der Waals surface area contributed by atoms with E-state index >= 15 is 0 Å². The molecule has 0 amide bonds. The summed E-state index contributed by atoms with van der Waals surface area (Å²) in [7, 11) is 0. The van der Waals surface area contributed by atoms with E-state index in [-0.39, 0.29) is 0 Å². The molecule has 2 aromatic rings. The van der Waals surface area contributed by atoms with Crippen LogP contribution in [0.25, 0.3) is 5.69 Å². The molecule has 0 aliphatic carbocycles. The van der Waals surface area contributed by atoms with Crippen LogP contribution in [0.1, 0.15) is 62.0 Å². The van der Waals surface area contributed by atoms with Crippen LogP contribution in [0.5, 0.6) is 0 Å². The van der Waals surface area contributed by atoms with Gasteiger partial charge in [-0.3, -0.25) is 0 Å². The molecule has 0 N–H and O–H groups in total. The highest BCUT2D eigenvalue weighted by Crippen LogP contribution is 2.34. The minimum Gasteiger partial charge on any atom is -0.317 e. The summed E-state index contributed by atoms with van der Waals surface area (Å²) < 4.78 is 2.44. The van der Waals surface area contributed by atoms with E-state index in [1.807, 2.05) is 0 Å². The van der Waals surface area contributed by atoms with Crippen molar-refractivity contribution in [3.8, 4) is 5.69 Å². The van der Waals surface area contributed by atoms with Crippen LogP contribution in [0.4, 0.5) is 0 Å². The largest absolute Gasteiger partial charge is 0.317 e. The second kappa shape index (κ2) is 5.24. The van der Waals surface area contributed by atoms with Gasteiger partial charge in [0.1, 0.15) is 0 Å². The topological polar surface area (TPSA) is 4.93 Å². The standard InChI is InChI=1S/C18H25N/c1-12(2)17-14(5)18(13(3)4)19(15(17)6)16-10-8-7-9-11-16/h7-13H,1-6H3. The lowest BCUT2D eigenvalue weighted by Gasteiger charge is -2.15. The molecule has 0 saturated heterocycles. The van der Waals surface area contributed by atoms with Gasteiger partial charge >= 0.3 is 0 Å². The van der Waals surface area contributed by atoms with Gasteiger partial charge < -0.3 is 4.57 Å². The first-order valence-corrected chi connectivity index (χ1v) is 7.22. The van der Waals surface area contributed by atoms with E-state index in [9.17, 15) is 0 Å². The summed E-state index contributed by atoms with van der Waals surface area (Å²) in [6, 6.07) is 10.7. The molecule has 0 spiro atoms. The van der Waals surface area contributed by atoms with Crippen molar-refractivity contribution in [1.82, 2.24) is 4.57 Å². The third kappa shape index (κ3) is 2.34. The van der Waals surface area contributed by atoms with E-state index in [4.69, 9.17) is 0 Å². The van der Waals surface area contributed by atoms with Gasteiger partial charge in [0, 0.05) is 17.1 Å². The van der Waals surface area contributed by atoms with Crippen LogP contribution in [0.15, 0.2) is 30.3 Å². The van der Waals surface area contributed by atoms with Crippen molar-refractivity contribution in [1.29, 1.82) is 0 Å². The highest BCUT2D eigenvalue weighted by Gasteiger charge is 2.21. The molecule has 0 bridgehead atoms. The van der Waals surface area contributed by atoms with Gasteiger partial charge in [0.15, 0.2) is 0 Å². The van der Waals surface area contributed by atoms with Crippen LogP contribution in [-0.4, -0.2) is 4.57 Å². The fourth-order valence-electron chi connectivity index (χ4n) is 3.33. The molecule has 1 aromatic heterocycles. The molecular formula is C18H25N. The lowest BCUT2D eigenvalue weighted by Crippen LogP contribution is -2.04. The maximum Gasteiger partial charge on any atom is 0.0455 e. The third-order valence-electron chi connectivity index (χ3n) is 3.89. The summed E-state index contributed by atoms with van der Waals surface area (Å²) in [6.45, 7) is 13.7. The van der Waals surface area contributed by atoms with Crippen molar-refractivity contribution in [2.24, 2.45) is 0 Å². The number of nitrogens with zero attached hydrogens (tertiary/aromatic N) is 1. The van der Waals surface area contributed by atoms with Crippen molar-refractivity contribution in [2.75, 3.05) is 0 Å². The minimum atomic E-state index is 0.534. The molecule has 0 atom stereocenters. The van der Waals surface area contributed by atoms with E-state index in [0.717, 1.165) is 0 Å². The zero-order valence-electron chi connectivity index (χ0n) is 13.0. The molecule has 0 aliphatic heterocycles. The van der Waals surface area contributed by atoms with Crippen molar-refractivity contribution in [2.45, 2.75) is 53.4 Å². The number of aromatic nitrogens is 1. The predicted molar refractivity (Wildman–Crippen MR) is 83.4 cm³/mol. The number of hydrogen-bond acceptors (Lipinski definition) is 0. The summed E-state index contributed by atoms with van der Waals surface area (Å²) >= 11 is 0. The van der Waals surface area contributed by atoms with Crippen molar-refractivity contribution in [3.05, 3.63) is 52.8 Å². The van der Waals surface area contributed by atoms with E-state index in [1.165, 1.54) is 28.2 Å². The molecule has 1 heterocycles. The van der Waals surface area contributed by atoms with Gasteiger partial charge in [-0.15, -0.1) is 0 Å². The summed E-state index contributed by atoms with van der Waals surface area (Å²) in [5.41, 5.74) is 7.09. The second-order valence-corrected chi connectivity index (χ2v) is 5.99. The molecule has 19 heavy (non-hydrogen) atoms. The lowest BCUT2D eigenvalue weighted by molar-refractivity contribution is 0.770. The Kier molecular flexibility index (Phi) is 3.84. The Hall–Kier alpha value is -1.50. The summed E-state index contributed by atoms with van der Waals surface area (Å²) in [6.07, 6.45) is 0. The van der Waals surface area contributed by atoms with Crippen LogP contribution in [0, 0.1) is 13.8 Å². The zero-order chi connectivity index (χ0) is 14.2. The Morgan fingerprint density at radius 1 is 0.842 bits per heavy atom. The van der Waals surface area contributed by atoms with E-state index in [0.29, 0.717) is 11.8 Å². The Labute approximate surface area is 117 Å². The molecule has 102 valence electrons. The summed E-state index contributed by atoms with van der Waals surface area (Å²) in [5.74, 6) is 1.11. The first-order valence-electron chi connectivity index (χ1n) is 7.22. The quantitative estimate of drug-likeness (QED) is 0.697. The molecule has 0 aliphatic rings. The average molecular weight is 255 g/mol. The molecular weight excluding hydrogens is 230 g/mol. The molecule has 1 aromatic carbocycles. The van der Waals surface area contributed by atoms with Crippen molar-refractivity contribution in [3.63, 3.8) is 0 Å². The highest BCUT2D eigenvalue weighted by atomic mass is 15.0. The smallest absolute Gasteiger partial charge is 0.0455 e. The minimum absolute atomic E-state index is 0.534. The molecule has 0 fully saturated rings. The summed E-state index contributed by atoms with van der Waals surface area (Å²) in [4.78, 5) is 0. The fourth-order valence-corrected chi connectivity index (χ4v) is 3.33. The van der Waals surface area contributed by atoms with Crippen molar-refractivity contribution < 1.29 is 0 Å². The third-order valence-corrected chi connectivity index (χ3v) is 3.89. The van der Waals surface area contributed by atoms with E-state index < -0.39 is 0 Å². The SMILES string of the molecule is Cc1c(C(C)C)c(C)n(-c2ccccc2)c1C(C)C. The van der Waals surface area contributed by atoms with E-state index in [2.05, 4.69) is 76.4 Å². The van der Waals surface area contributed by atoms with Crippen LogP contribution in [0.2, 0.25) is 0 Å². The van der Waals surface area contributed by atoms with E-state index in [1.54, 1.807) is 0 Å². The first-order chi connectivity index (χ1) is 8.95. The van der Waals surface area contributed by atoms with Crippen LogP contribution in [0.3, 0.4) is 0 Å². The maximum atomic E-state index is 2.44. The Bertz CT molecular complexity index is 559. The lowest BCUT2D eigenvalue weighted by atomic mass is 9.96. The van der Waals surface area contributed by atoms with Gasteiger partial charge in [-0.1, -0.05) is 45.9 Å². The first kappa shape index (κ1) is 13.9. The average Bonchev–Trinajstić information content (AvgIpc) is 2.61. The molecule has 2 rings (SSSR count). The van der Waals surface area contributed by atoms with Gasteiger partial charge in [0.25, 0.3) is 0 Å². The Balaban J connectivity index is 2.76. The van der Waals surface area contributed by atoms with Gasteiger partial charge in [-0.25, -0.2) is 0 Å². The molecule has 0 saturated carbocycles. The maximum absolute atomic E-state index is 2.44. The van der Waals surface area contributed by atoms with Crippen molar-refractivity contribution >= 4 is 0 Å². The molecule has 1 nitrogen and oxygen atoms in total. The van der Waals surface area contributed by atoms with Gasteiger partial charge in [-0.05, 0) is 48.9 Å². The monoisotopic (exact) mass is 255 g/mol. The van der Waals surface area contributed by atoms with Crippen LogP contribution < -0.4 is 0 Å². The van der Waals surface area contributed by atoms with Gasteiger partial charge in [0.2, 0.25) is 0 Å². The fraction of sp³-hybridized carbons (Fsp3) is 0.444. The number of benzene rings is 1. The normalized spacial score (nSPS) is 11.6. The van der Waals surface area contributed by atoms with Gasteiger partial charge in [0.05, 0.1) is 0 Å². The molecule has 0 radical (unpaired) electrons. The Morgan fingerprint density at radius 3 is 1.89 bits per heavy atom. The highest BCUT2D eigenvalue weighted by molar-refractivity contribution is 5.48. The predicted octanol–water partition coefficient (Wildman–Crippen LogP) is 5.34. The van der Waals surface area contributed by atoms with Gasteiger partial charge in [-0.2, -0.15) is 0 Å². The van der Waals surface area contributed by atoms with Crippen LogP contribution in [-0.2, 0) is 0 Å². The molecule has 0 unspecified atom stereocenters. The number of para-hydroxylation sites is 1. The molecule has 1 heteroatoms. The second-order valence-electron chi connectivity index (χ2n) is 5.99.